The Balaban J connectivity index is 2.05. The predicted molar refractivity (Wildman–Crippen MR) is 97.3 cm³/mol. The number of amides is 2. The fraction of sp³-hybridized carbons (Fsp3) is 0.0556. The number of aryl methyl sites for hydroxylation is 1. The average Bonchev–Trinajstić information content (AvgIpc) is 2.87. The van der Waals surface area contributed by atoms with Crippen LogP contribution in [0.3, 0.4) is 0 Å². The Hall–Kier alpha value is -3.99. The number of nitriles is 1. The molecule has 1 aliphatic heterocycles. The van der Waals surface area contributed by atoms with E-state index < -0.39 is 17.6 Å². The van der Waals surface area contributed by atoms with Gasteiger partial charge < -0.3 is 5.73 Å². The fourth-order valence-electron chi connectivity index (χ4n) is 2.67. The molecule has 0 radical (unpaired) electrons. The SMILES string of the molecule is Cc1ccccc1N1C(=O)c2cccc(N/N=C(\C#N)C(=N)N)c2C1=O. The number of carbonyl (C=O) groups excluding carboxylic acids is 2. The van der Waals surface area contributed by atoms with E-state index >= 15 is 0 Å². The Morgan fingerprint density at radius 1 is 1.19 bits per heavy atom. The highest BCUT2D eigenvalue weighted by molar-refractivity contribution is 6.46. The Morgan fingerprint density at radius 2 is 1.92 bits per heavy atom. The van der Waals surface area contributed by atoms with Crippen molar-refractivity contribution in [2.24, 2.45) is 10.8 Å². The number of para-hydroxylation sites is 1. The van der Waals surface area contributed by atoms with Crippen LogP contribution in [0.2, 0.25) is 0 Å². The molecule has 1 heterocycles. The zero-order valence-corrected chi connectivity index (χ0v) is 13.8. The van der Waals surface area contributed by atoms with Crippen molar-refractivity contribution in [3.05, 3.63) is 59.2 Å². The van der Waals surface area contributed by atoms with Crippen LogP contribution in [0.5, 0.6) is 0 Å². The second-order valence-corrected chi connectivity index (χ2v) is 5.56. The first kappa shape index (κ1) is 16.9. The highest BCUT2D eigenvalue weighted by Crippen LogP contribution is 2.34. The molecule has 0 saturated heterocycles. The molecule has 4 N–H and O–H groups in total. The van der Waals surface area contributed by atoms with Gasteiger partial charge in [0, 0.05) is 0 Å². The van der Waals surface area contributed by atoms with Gasteiger partial charge in [-0.2, -0.15) is 10.4 Å². The Kier molecular flexibility index (Phi) is 4.21. The number of nitrogens with one attached hydrogen (secondary N) is 2. The number of hydrazone groups is 1. The van der Waals surface area contributed by atoms with E-state index in [-0.39, 0.29) is 22.5 Å². The summed E-state index contributed by atoms with van der Waals surface area (Å²) in [5.74, 6) is -1.42. The third-order valence-electron chi connectivity index (χ3n) is 3.92. The quantitative estimate of drug-likeness (QED) is 0.337. The zero-order valence-electron chi connectivity index (χ0n) is 13.8. The molecule has 8 nitrogen and oxygen atoms in total. The summed E-state index contributed by atoms with van der Waals surface area (Å²) in [6.45, 7) is 1.81. The molecule has 0 saturated carbocycles. The summed E-state index contributed by atoms with van der Waals surface area (Å²) >= 11 is 0. The van der Waals surface area contributed by atoms with Gasteiger partial charge >= 0.3 is 0 Å². The number of nitrogens with zero attached hydrogens (tertiary/aromatic N) is 3. The van der Waals surface area contributed by atoms with Crippen LogP contribution in [-0.2, 0) is 0 Å². The molecule has 0 aromatic heterocycles. The first-order valence-electron chi connectivity index (χ1n) is 7.61. The molecular formula is C18H14N6O2. The Bertz CT molecular complexity index is 1020. The summed E-state index contributed by atoms with van der Waals surface area (Å²) in [4.78, 5) is 26.8. The first-order valence-corrected chi connectivity index (χ1v) is 7.61. The van der Waals surface area contributed by atoms with Gasteiger partial charge in [-0.3, -0.25) is 20.4 Å². The van der Waals surface area contributed by atoms with E-state index in [1.54, 1.807) is 36.4 Å². The minimum absolute atomic E-state index is 0.158. The molecule has 26 heavy (non-hydrogen) atoms. The summed E-state index contributed by atoms with van der Waals surface area (Å²) in [7, 11) is 0. The third-order valence-corrected chi connectivity index (χ3v) is 3.92. The van der Waals surface area contributed by atoms with Gasteiger partial charge in [0.1, 0.15) is 6.07 Å². The lowest BCUT2D eigenvalue weighted by Crippen LogP contribution is -2.30. The minimum Gasteiger partial charge on any atom is -0.382 e. The van der Waals surface area contributed by atoms with Crippen molar-refractivity contribution in [2.45, 2.75) is 6.92 Å². The van der Waals surface area contributed by atoms with Gasteiger partial charge in [0.2, 0.25) is 5.71 Å². The maximum atomic E-state index is 12.9. The molecule has 0 fully saturated rings. The number of anilines is 2. The molecule has 2 aromatic rings. The molecule has 0 bridgehead atoms. The fourth-order valence-corrected chi connectivity index (χ4v) is 2.67. The van der Waals surface area contributed by atoms with Crippen LogP contribution in [0, 0.1) is 23.7 Å². The monoisotopic (exact) mass is 346 g/mol. The largest absolute Gasteiger partial charge is 0.382 e. The minimum atomic E-state index is -0.503. The maximum absolute atomic E-state index is 12.9. The van der Waals surface area contributed by atoms with Crippen molar-refractivity contribution in [3.8, 4) is 6.07 Å². The zero-order chi connectivity index (χ0) is 18.8. The van der Waals surface area contributed by atoms with Gasteiger partial charge in [-0.05, 0) is 30.7 Å². The topological polar surface area (TPSA) is 135 Å². The van der Waals surface area contributed by atoms with E-state index in [1.165, 1.54) is 0 Å². The molecule has 3 rings (SSSR count). The molecule has 8 heteroatoms. The van der Waals surface area contributed by atoms with Crippen molar-refractivity contribution in [1.29, 1.82) is 10.7 Å². The Labute approximate surface area is 149 Å². The van der Waals surface area contributed by atoms with Gasteiger partial charge in [0.15, 0.2) is 5.84 Å². The normalized spacial score (nSPS) is 13.4. The summed E-state index contributed by atoms with van der Waals surface area (Å²) in [5, 5.41) is 19.9. The highest BCUT2D eigenvalue weighted by atomic mass is 16.2. The van der Waals surface area contributed by atoms with Crippen LogP contribution in [0.15, 0.2) is 47.6 Å². The number of hydrogen-bond donors (Lipinski definition) is 3. The lowest BCUT2D eigenvalue weighted by atomic mass is 10.1. The molecule has 0 aliphatic carbocycles. The van der Waals surface area contributed by atoms with Crippen LogP contribution in [0.25, 0.3) is 0 Å². The highest BCUT2D eigenvalue weighted by Gasteiger charge is 2.39. The van der Waals surface area contributed by atoms with Crippen molar-refractivity contribution in [3.63, 3.8) is 0 Å². The van der Waals surface area contributed by atoms with Gasteiger partial charge in [0.25, 0.3) is 11.8 Å². The summed E-state index contributed by atoms with van der Waals surface area (Å²) in [6.07, 6.45) is 0. The average molecular weight is 346 g/mol. The molecular weight excluding hydrogens is 332 g/mol. The number of imide groups is 1. The van der Waals surface area contributed by atoms with Crippen molar-refractivity contribution < 1.29 is 9.59 Å². The molecule has 0 atom stereocenters. The molecule has 0 spiro atoms. The van der Waals surface area contributed by atoms with Gasteiger partial charge in [-0.15, -0.1) is 0 Å². The third kappa shape index (κ3) is 2.67. The van der Waals surface area contributed by atoms with Crippen molar-refractivity contribution in [2.75, 3.05) is 10.3 Å². The smallest absolute Gasteiger partial charge is 0.268 e. The Morgan fingerprint density at radius 3 is 2.58 bits per heavy atom. The number of benzene rings is 2. The summed E-state index contributed by atoms with van der Waals surface area (Å²) in [6, 6.07) is 13.5. The molecule has 128 valence electrons. The lowest BCUT2D eigenvalue weighted by molar-refractivity contribution is 0.0926. The summed E-state index contributed by atoms with van der Waals surface area (Å²) in [5.41, 5.74) is 9.43. The van der Waals surface area contributed by atoms with Gasteiger partial charge in [-0.25, -0.2) is 4.90 Å². The van der Waals surface area contributed by atoms with E-state index in [1.807, 2.05) is 19.1 Å². The van der Waals surface area contributed by atoms with Crippen molar-refractivity contribution >= 4 is 34.7 Å². The van der Waals surface area contributed by atoms with E-state index in [0.29, 0.717) is 5.69 Å². The number of amidine groups is 1. The predicted octanol–water partition coefficient (Wildman–Crippen LogP) is 2.02. The van der Waals surface area contributed by atoms with Crippen LogP contribution in [-0.4, -0.2) is 23.4 Å². The number of fused-ring (bicyclic) bond motifs is 1. The number of hydrogen-bond acceptors (Lipinski definition) is 6. The molecule has 0 unspecified atom stereocenters. The van der Waals surface area contributed by atoms with E-state index in [0.717, 1.165) is 10.5 Å². The molecule has 2 aromatic carbocycles. The van der Waals surface area contributed by atoms with Gasteiger partial charge in [-0.1, -0.05) is 24.3 Å². The van der Waals surface area contributed by atoms with E-state index in [9.17, 15) is 9.59 Å². The number of carbonyl (C=O) groups is 2. The van der Waals surface area contributed by atoms with Gasteiger partial charge in [0.05, 0.1) is 22.5 Å². The second kappa shape index (κ2) is 6.49. The lowest BCUT2D eigenvalue weighted by Gasteiger charge is -2.16. The van der Waals surface area contributed by atoms with Crippen LogP contribution < -0.4 is 16.1 Å². The van der Waals surface area contributed by atoms with Crippen LogP contribution >= 0.6 is 0 Å². The standard InChI is InChI=1S/C18H14N6O2/c1-10-5-2-3-8-14(10)24-17(25)11-6-4-7-12(15(11)18(24)26)22-23-13(9-19)16(20)21/h2-8,22H,1H3,(H3,20,21)/b23-13+. The summed E-state index contributed by atoms with van der Waals surface area (Å²) < 4.78 is 0. The molecule has 2 amide bonds. The maximum Gasteiger partial charge on any atom is 0.268 e. The second-order valence-electron chi connectivity index (χ2n) is 5.56. The van der Waals surface area contributed by atoms with Crippen LogP contribution in [0.1, 0.15) is 26.3 Å². The number of rotatable bonds is 4. The number of nitrogens with two attached hydrogens (primary N) is 1. The molecule has 1 aliphatic rings. The first-order chi connectivity index (χ1) is 12.5. The van der Waals surface area contributed by atoms with E-state index in [4.69, 9.17) is 16.4 Å². The van der Waals surface area contributed by atoms with Crippen LogP contribution in [0.4, 0.5) is 11.4 Å². The van der Waals surface area contributed by atoms with E-state index in [2.05, 4.69) is 10.5 Å². The van der Waals surface area contributed by atoms with Crippen molar-refractivity contribution in [1.82, 2.24) is 0 Å².